The first kappa shape index (κ1) is 19.4. The van der Waals surface area contributed by atoms with Gasteiger partial charge in [-0.25, -0.2) is 0 Å². The number of hydrogen-bond donors (Lipinski definition) is 1. The van der Waals surface area contributed by atoms with Crippen LogP contribution in [0.15, 0.2) is 24.3 Å². The van der Waals surface area contributed by atoms with E-state index in [1.165, 1.54) is 11.1 Å². The summed E-state index contributed by atoms with van der Waals surface area (Å²) in [6, 6.07) is 7.70. The number of rotatable bonds is 4. The molecule has 0 saturated carbocycles. The van der Waals surface area contributed by atoms with E-state index in [1.54, 1.807) is 27.3 Å². The average Bonchev–Trinajstić information content (AvgIpc) is 2.78. The zero-order valence-electron chi connectivity index (χ0n) is 17.0. The second kappa shape index (κ2) is 7.87. The maximum atomic E-state index is 11.7. The summed E-state index contributed by atoms with van der Waals surface area (Å²) >= 11 is 0. The number of anilines is 1. The topological polar surface area (TPSA) is 85.8 Å². The number of carbonyl (C=O) groups is 1. The first-order chi connectivity index (χ1) is 14.1. The average molecular weight is 398 g/mol. The highest BCUT2D eigenvalue weighted by Crippen LogP contribution is 2.45. The van der Waals surface area contributed by atoms with Crippen LogP contribution < -0.4 is 19.7 Å². The number of amides is 1. The van der Waals surface area contributed by atoms with Gasteiger partial charge in [0.1, 0.15) is 0 Å². The fraction of sp³-hybridized carbons (Fsp3) is 0.476. The van der Waals surface area contributed by atoms with Gasteiger partial charge in [0.15, 0.2) is 23.0 Å². The van der Waals surface area contributed by atoms with Gasteiger partial charge in [-0.3, -0.25) is 4.79 Å². The van der Waals surface area contributed by atoms with Crippen molar-refractivity contribution in [2.75, 3.05) is 45.9 Å². The van der Waals surface area contributed by atoms with E-state index in [1.807, 2.05) is 6.07 Å². The Morgan fingerprint density at radius 2 is 1.86 bits per heavy atom. The Hall–Kier alpha value is -2.87. The first-order valence-corrected chi connectivity index (χ1v) is 9.80. The molecular formula is C21H26N4O4. The molecule has 0 unspecified atom stereocenters. The molecule has 1 aromatic heterocycles. The van der Waals surface area contributed by atoms with E-state index in [-0.39, 0.29) is 11.5 Å². The number of methoxy groups -OCH3 is 2. The van der Waals surface area contributed by atoms with Crippen LogP contribution in [0.4, 0.5) is 5.82 Å². The number of nitrogens with zero attached hydrogens (tertiary/aromatic N) is 3. The number of hydrogen-bond acceptors (Lipinski definition) is 7. The molecule has 1 aromatic carbocycles. The fourth-order valence-electron chi connectivity index (χ4n) is 4.24. The van der Waals surface area contributed by atoms with Gasteiger partial charge in [-0.15, -0.1) is 10.2 Å². The van der Waals surface area contributed by atoms with Gasteiger partial charge in [-0.1, -0.05) is 0 Å². The molecular weight excluding hydrogens is 372 g/mol. The van der Waals surface area contributed by atoms with E-state index >= 15 is 0 Å². The van der Waals surface area contributed by atoms with Crippen molar-refractivity contribution in [1.29, 1.82) is 0 Å². The van der Waals surface area contributed by atoms with Gasteiger partial charge in [0.2, 0.25) is 0 Å². The van der Waals surface area contributed by atoms with Crippen LogP contribution in [0.5, 0.6) is 11.5 Å². The molecule has 4 rings (SSSR count). The summed E-state index contributed by atoms with van der Waals surface area (Å²) in [7, 11) is 4.90. The van der Waals surface area contributed by atoms with Gasteiger partial charge in [0, 0.05) is 20.1 Å². The zero-order valence-corrected chi connectivity index (χ0v) is 17.0. The minimum Gasteiger partial charge on any atom is -0.493 e. The third kappa shape index (κ3) is 3.48. The third-order valence-electron chi connectivity index (χ3n) is 5.86. The van der Waals surface area contributed by atoms with Crippen molar-refractivity contribution in [2.45, 2.75) is 24.9 Å². The highest BCUT2D eigenvalue weighted by Gasteiger charge is 2.41. The van der Waals surface area contributed by atoms with Gasteiger partial charge in [-0.05, 0) is 54.7 Å². The monoisotopic (exact) mass is 398 g/mol. The first-order valence-electron chi connectivity index (χ1n) is 9.80. The van der Waals surface area contributed by atoms with Gasteiger partial charge < -0.3 is 24.4 Å². The number of carbonyl (C=O) groups excluding carboxylic acids is 1. The minimum atomic E-state index is -0.320. The molecule has 0 aliphatic carbocycles. The molecule has 2 aliphatic rings. The van der Waals surface area contributed by atoms with E-state index in [4.69, 9.17) is 14.2 Å². The van der Waals surface area contributed by atoms with Gasteiger partial charge in [-0.2, -0.15) is 0 Å². The number of aromatic nitrogens is 2. The number of fused-ring (bicyclic) bond motifs is 2. The molecule has 2 aliphatic heterocycles. The van der Waals surface area contributed by atoms with Crippen molar-refractivity contribution in [3.05, 3.63) is 41.1 Å². The smallest absolute Gasteiger partial charge is 0.271 e. The highest BCUT2D eigenvalue weighted by atomic mass is 16.5. The predicted octanol–water partition coefficient (Wildman–Crippen LogP) is 1.92. The normalized spacial score (nSPS) is 17.6. The van der Waals surface area contributed by atoms with Gasteiger partial charge in [0.25, 0.3) is 5.91 Å². The molecule has 29 heavy (non-hydrogen) atoms. The maximum absolute atomic E-state index is 11.7. The second-order valence-electron chi connectivity index (χ2n) is 7.30. The van der Waals surface area contributed by atoms with Crippen molar-refractivity contribution >= 4 is 11.7 Å². The summed E-state index contributed by atoms with van der Waals surface area (Å²) in [5, 5.41) is 10.8. The van der Waals surface area contributed by atoms with Crippen LogP contribution in [0.2, 0.25) is 0 Å². The van der Waals surface area contributed by atoms with Crippen LogP contribution in [0.25, 0.3) is 0 Å². The number of ether oxygens (including phenoxy) is 3. The predicted molar refractivity (Wildman–Crippen MR) is 108 cm³/mol. The molecule has 3 heterocycles. The van der Waals surface area contributed by atoms with Crippen molar-refractivity contribution < 1.29 is 19.0 Å². The molecule has 0 bridgehead atoms. The van der Waals surface area contributed by atoms with Gasteiger partial charge in [0.05, 0.1) is 26.4 Å². The van der Waals surface area contributed by atoms with E-state index in [9.17, 15) is 4.79 Å². The maximum Gasteiger partial charge on any atom is 0.271 e. The number of nitrogens with one attached hydrogen (secondary N) is 1. The van der Waals surface area contributed by atoms with Crippen molar-refractivity contribution in [3.63, 3.8) is 0 Å². The molecule has 0 atom stereocenters. The lowest BCUT2D eigenvalue weighted by atomic mass is 9.79. The van der Waals surface area contributed by atoms with Crippen molar-refractivity contribution in [1.82, 2.24) is 15.5 Å². The van der Waals surface area contributed by atoms with Crippen LogP contribution in [-0.4, -0.2) is 57.1 Å². The number of benzene rings is 1. The molecule has 1 amide bonds. The van der Waals surface area contributed by atoms with Crippen LogP contribution in [-0.2, 0) is 16.8 Å². The lowest BCUT2D eigenvalue weighted by Crippen LogP contribution is -2.47. The van der Waals surface area contributed by atoms with E-state index in [2.05, 4.69) is 32.5 Å². The van der Waals surface area contributed by atoms with E-state index in [0.29, 0.717) is 12.3 Å². The molecule has 8 heteroatoms. The van der Waals surface area contributed by atoms with E-state index < -0.39 is 0 Å². The van der Waals surface area contributed by atoms with Crippen molar-refractivity contribution in [2.24, 2.45) is 0 Å². The summed E-state index contributed by atoms with van der Waals surface area (Å²) in [5.41, 5.74) is 2.45. The third-order valence-corrected chi connectivity index (χ3v) is 5.86. The Morgan fingerprint density at radius 1 is 1.14 bits per heavy atom. The van der Waals surface area contributed by atoms with Crippen molar-refractivity contribution in [3.8, 4) is 11.5 Å². The molecule has 154 valence electrons. The molecule has 1 spiro atoms. The second-order valence-corrected chi connectivity index (χ2v) is 7.30. The van der Waals surface area contributed by atoms with Gasteiger partial charge >= 0.3 is 0 Å². The Kier molecular flexibility index (Phi) is 5.27. The lowest BCUT2D eigenvalue weighted by Gasteiger charge is -2.45. The number of piperidine rings is 1. The zero-order chi connectivity index (χ0) is 20.4. The molecule has 0 radical (unpaired) electrons. The van der Waals surface area contributed by atoms with Crippen LogP contribution in [0.1, 0.15) is 34.5 Å². The summed E-state index contributed by atoms with van der Waals surface area (Å²) in [4.78, 5) is 13.8. The lowest BCUT2D eigenvalue weighted by molar-refractivity contribution is -0.0768. The van der Waals surface area contributed by atoms with Crippen LogP contribution in [0, 0.1) is 0 Å². The summed E-state index contributed by atoms with van der Waals surface area (Å²) in [6.45, 7) is 2.28. The Morgan fingerprint density at radius 3 is 2.48 bits per heavy atom. The van der Waals surface area contributed by atoms with E-state index in [0.717, 1.165) is 49.7 Å². The summed E-state index contributed by atoms with van der Waals surface area (Å²) < 4.78 is 17.3. The Labute approximate surface area is 170 Å². The Balaban J connectivity index is 1.54. The molecule has 1 N–H and O–H groups in total. The molecule has 1 saturated heterocycles. The largest absolute Gasteiger partial charge is 0.493 e. The summed E-state index contributed by atoms with van der Waals surface area (Å²) in [6.07, 6.45) is 2.55. The Bertz CT molecular complexity index is 892. The SMILES string of the molecule is CNC(=O)c1ccc(N2CCC3(CC2)OCCc2cc(OC)c(OC)cc23)nn1. The standard InChI is InChI=1S/C21H26N4O4/c1-22-20(26)16-4-5-19(24-23-16)25-9-7-21(8-10-25)15-13-18(28-3)17(27-2)12-14(15)6-11-29-21/h4-5,12-13H,6-11H2,1-3H3,(H,22,26). The highest BCUT2D eigenvalue weighted by molar-refractivity contribution is 5.91. The fourth-order valence-corrected chi connectivity index (χ4v) is 4.24. The molecule has 1 fully saturated rings. The van der Waals surface area contributed by atoms with Crippen LogP contribution in [0.3, 0.4) is 0 Å². The van der Waals surface area contributed by atoms with Crippen LogP contribution >= 0.6 is 0 Å². The quantitative estimate of drug-likeness (QED) is 0.842. The molecule has 2 aromatic rings. The molecule has 8 nitrogen and oxygen atoms in total. The summed E-state index contributed by atoms with van der Waals surface area (Å²) in [5.74, 6) is 2.02. The minimum absolute atomic E-state index is 0.238.